The second kappa shape index (κ2) is 3.20. The van der Waals surface area contributed by atoms with Crippen LogP contribution < -0.4 is 0 Å². The third kappa shape index (κ3) is 1.97. The van der Waals surface area contributed by atoms with E-state index in [1.54, 1.807) is 0 Å². The van der Waals surface area contributed by atoms with E-state index in [-0.39, 0.29) is 0 Å². The summed E-state index contributed by atoms with van der Waals surface area (Å²) in [7, 11) is 0. The molecule has 0 N–H and O–H groups in total. The molecule has 0 saturated carbocycles. The predicted octanol–water partition coefficient (Wildman–Crippen LogP) is 2.65. The number of halogens is 1. The summed E-state index contributed by atoms with van der Waals surface area (Å²) in [4.78, 5) is 0. The van der Waals surface area contributed by atoms with Crippen molar-refractivity contribution < 1.29 is 0 Å². The second-order valence-corrected chi connectivity index (χ2v) is 3.06. The Balaban J connectivity index is 2.88. The third-order valence-electron chi connectivity index (χ3n) is 1.25. The van der Waals surface area contributed by atoms with Crippen molar-refractivity contribution in [2.24, 2.45) is 0 Å². The zero-order valence-electron chi connectivity index (χ0n) is 5.32. The van der Waals surface area contributed by atoms with Crippen LogP contribution >= 0.6 is 22.6 Å². The molecule has 1 rings (SSSR count). The molecule has 0 aliphatic carbocycles. The normalized spacial score (nSPS) is 9.56. The predicted molar refractivity (Wildman–Crippen MR) is 47.4 cm³/mol. The van der Waals surface area contributed by atoms with Crippen LogP contribution in [0.15, 0.2) is 18.2 Å². The van der Waals surface area contributed by atoms with Crippen molar-refractivity contribution in [2.75, 3.05) is 0 Å². The lowest BCUT2D eigenvalue weighted by Gasteiger charge is -1.92. The smallest absolute Gasteiger partial charge is 0.0209 e. The van der Waals surface area contributed by atoms with Crippen LogP contribution in [0.2, 0.25) is 0 Å². The van der Waals surface area contributed by atoms with E-state index < -0.39 is 0 Å². The Morgan fingerprint density at radius 3 is 2.78 bits per heavy atom. The molecule has 0 spiro atoms. The fourth-order valence-electron chi connectivity index (χ4n) is 0.658. The maximum atomic E-state index is 3.14. The first-order valence-electron chi connectivity index (χ1n) is 2.99. The van der Waals surface area contributed by atoms with E-state index in [1.807, 2.05) is 6.07 Å². The third-order valence-corrected chi connectivity index (χ3v) is 1.92. The first kappa shape index (κ1) is 7.06. The lowest BCUT2D eigenvalue weighted by Crippen LogP contribution is -1.78. The Bertz CT molecular complexity index is 176. The van der Waals surface area contributed by atoms with Crippen LogP contribution in [-0.4, -0.2) is 0 Å². The van der Waals surface area contributed by atoms with Crippen molar-refractivity contribution in [2.45, 2.75) is 13.3 Å². The van der Waals surface area contributed by atoms with Gasteiger partial charge in [-0.05, 0) is 46.7 Å². The van der Waals surface area contributed by atoms with Gasteiger partial charge in [-0.2, -0.15) is 0 Å². The molecule has 0 saturated heterocycles. The lowest BCUT2D eigenvalue weighted by atomic mass is 10.2. The Kier molecular flexibility index (Phi) is 2.51. The quantitative estimate of drug-likeness (QED) is 0.652. The summed E-state index contributed by atoms with van der Waals surface area (Å²) in [5.74, 6) is 0. The van der Waals surface area contributed by atoms with Crippen LogP contribution in [0.25, 0.3) is 0 Å². The van der Waals surface area contributed by atoms with Crippen molar-refractivity contribution in [1.29, 1.82) is 0 Å². The zero-order valence-corrected chi connectivity index (χ0v) is 7.47. The highest BCUT2D eigenvalue weighted by molar-refractivity contribution is 14.1. The molecule has 47 valence electrons. The molecule has 1 aromatic carbocycles. The van der Waals surface area contributed by atoms with Crippen molar-refractivity contribution in [3.05, 3.63) is 33.4 Å². The van der Waals surface area contributed by atoms with Gasteiger partial charge in [0.2, 0.25) is 0 Å². The summed E-state index contributed by atoms with van der Waals surface area (Å²) in [5.41, 5.74) is 1.36. The van der Waals surface area contributed by atoms with E-state index in [0.29, 0.717) is 0 Å². The minimum atomic E-state index is 1.10. The van der Waals surface area contributed by atoms with Gasteiger partial charge in [-0.3, -0.25) is 0 Å². The molecular weight excluding hydrogens is 223 g/mol. The number of hydrogen-bond acceptors (Lipinski definition) is 0. The molecule has 1 heteroatoms. The Morgan fingerprint density at radius 2 is 2.33 bits per heavy atom. The molecule has 9 heavy (non-hydrogen) atoms. The van der Waals surface area contributed by atoms with Gasteiger partial charge < -0.3 is 0 Å². The average Bonchev–Trinajstić information content (AvgIpc) is 1.90. The van der Waals surface area contributed by atoms with Crippen LogP contribution in [0.3, 0.4) is 0 Å². The van der Waals surface area contributed by atoms with E-state index in [4.69, 9.17) is 0 Å². The highest BCUT2D eigenvalue weighted by atomic mass is 127. The van der Waals surface area contributed by atoms with E-state index in [9.17, 15) is 0 Å². The largest absolute Gasteiger partial charge is 0.0613 e. The maximum absolute atomic E-state index is 3.14. The van der Waals surface area contributed by atoms with E-state index >= 15 is 0 Å². The Hall–Kier alpha value is -0.0500. The molecule has 0 amide bonds. The molecule has 0 bridgehead atoms. The molecule has 1 aromatic rings. The van der Waals surface area contributed by atoms with E-state index in [0.717, 1.165) is 6.42 Å². The Morgan fingerprint density at radius 1 is 1.56 bits per heavy atom. The van der Waals surface area contributed by atoms with Crippen molar-refractivity contribution >= 4 is 22.6 Å². The summed E-state index contributed by atoms with van der Waals surface area (Å²) < 4.78 is 1.18. The van der Waals surface area contributed by atoms with Crippen LogP contribution in [-0.2, 0) is 6.42 Å². The molecular formula is C8H8I. The molecule has 0 atom stereocenters. The van der Waals surface area contributed by atoms with E-state index in [1.165, 1.54) is 9.13 Å². The van der Waals surface area contributed by atoms with Crippen LogP contribution in [0.4, 0.5) is 0 Å². The van der Waals surface area contributed by atoms with Gasteiger partial charge in [-0.15, -0.1) is 0 Å². The summed E-state index contributed by atoms with van der Waals surface area (Å²) in [6.45, 7) is 2.15. The summed E-state index contributed by atoms with van der Waals surface area (Å²) in [6.07, 6.45) is 1.10. The highest BCUT2D eigenvalue weighted by Crippen LogP contribution is 2.05. The van der Waals surface area contributed by atoms with Crippen LogP contribution in [0, 0.1) is 9.64 Å². The number of rotatable bonds is 1. The van der Waals surface area contributed by atoms with Crippen LogP contribution in [0.5, 0.6) is 0 Å². The van der Waals surface area contributed by atoms with E-state index in [2.05, 4.69) is 47.7 Å². The molecule has 1 radical (unpaired) electrons. The first-order chi connectivity index (χ1) is 4.33. The molecule has 0 aliphatic heterocycles. The van der Waals surface area contributed by atoms with Gasteiger partial charge in [0.1, 0.15) is 0 Å². The molecule has 0 fully saturated rings. The monoisotopic (exact) mass is 231 g/mol. The first-order valence-corrected chi connectivity index (χ1v) is 4.07. The summed E-state index contributed by atoms with van der Waals surface area (Å²) in [6, 6.07) is 9.40. The van der Waals surface area contributed by atoms with Crippen molar-refractivity contribution in [1.82, 2.24) is 0 Å². The minimum absolute atomic E-state index is 1.10. The average molecular weight is 231 g/mol. The van der Waals surface area contributed by atoms with Gasteiger partial charge in [0.15, 0.2) is 0 Å². The number of aryl methyl sites for hydroxylation is 1. The molecule has 0 aromatic heterocycles. The van der Waals surface area contributed by atoms with Gasteiger partial charge in [0.05, 0.1) is 0 Å². The topological polar surface area (TPSA) is 0 Å². The summed E-state index contributed by atoms with van der Waals surface area (Å²) in [5, 5.41) is 0. The number of benzene rings is 1. The summed E-state index contributed by atoms with van der Waals surface area (Å²) >= 11 is 2.26. The van der Waals surface area contributed by atoms with Gasteiger partial charge >= 0.3 is 0 Å². The minimum Gasteiger partial charge on any atom is -0.0613 e. The van der Waals surface area contributed by atoms with Crippen molar-refractivity contribution in [3.8, 4) is 0 Å². The zero-order chi connectivity index (χ0) is 6.69. The second-order valence-electron chi connectivity index (χ2n) is 1.90. The maximum Gasteiger partial charge on any atom is 0.0209 e. The fourth-order valence-corrected chi connectivity index (χ4v) is 0.993. The van der Waals surface area contributed by atoms with Crippen molar-refractivity contribution in [3.63, 3.8) is 0 Å². The van der Waals surface area contributed by atoms with Gasteiger partial charge in [0.25, 0.3) is 0 Å². The van der Waals surface area contributed by atoms with Gasteiger partial charge in [0, 0.05) is 3.57 Å². The molecule has 0 heterocycles. The van der Waals surface area contributed by atoms with Gasteiger partial charge in [-0.25, -0.2) is 0 Å². The molecule has 0 aliphatic rings. The SMILES string of the molecule is CCc1c[c]c(I)cc1. The highest BCUT2D eigenvalue weighted by Gasteiger charge is 1.86. The fraction of sp³-hybridized carbons (Fsp3) is 0.250. The van der Waals surface area contributed by atoms with Crippen LogP contribution in [0.1, 0.15) is 12.5 Å². The standard InChI is InChI=1S/C8H8I/c1-2-7-3-5-8(9)6-4-7/h3-5H,2H2,1H3. The Labute approximate surface area is 69.4 Å². The molecule has 0 unspecified atom stereocenters. The van der Waals surface area contributed by atoms with Gasteiger partial charge in [-0.1, -0.05) is 19.1 Å². The number of hydrogen-bond donors (Lipinski definition) is 0. The lowest BCUT2D eigenvalue weighted by molar-refractivity contribution is 1.14. The molecule has 0 nitrogen and oxygen atoms in total.